The van der Waals surface area contributed by atoms with E-state index >= 15 is 0 Å². The van der Waals surface area contributed by atoms with E-state index in [0.29, 0.717) is 22.9 Å². The summed E-state index contributed by atoms with van der Waals surface area (Å²) in [5, 5.41) is 12.3. The molecule has 0 aliphatic carbocycles. The smallest absolute Gasteiger partial charge is 0.229 e. The minimum atomic E-state index is 0.121. The van der Waals surface area contributed by atoms with Gasteiger partial charge in [0, 0.05) is 36.7 Å². The Morgan fingerprint density at radius 3 is 2.96 bits per heavy atom. The maximum atomic E-state index is 9.14. The molecule has 8 nitrogen and oxygen atoms in total. The molecule has 0 amide bonds. The molecule has 1 aliphatic heterocycles. The van der Waals surface area contributed by atoms with E-state index in [4.69, 9.17) is 21.7 Å². The van der Waals surface area contributed by atoms with Gasteiger partial charge in [-0.1, -0.05) is 0 Å². The number of hydrogen-bond acceptors (Lipinski definition) is 8. The number of nitrogens with zero attached hydrogens (tertiary/aromatic N) is 5. The Morgan fingerprint density at radius 2 is 2.15 bits per heavy atom. The summed E-state index contributed by atoms with van der Waals surface area (Å²) in [5.74, 6) is 1.20. The van der Waals surface area contributed by atoms with Crippen LogP contribution in [0.3, 0.4) is 0 Å². The summed E-state index contributed by atoms with van der Waals surface area (Å²) in [6.07, 6.45) is 3.77. The molecule has 3 heterocycles. The van der Waals surface area contributed by atoms with Crippen molar-refractivity contribution >= 4 is 34.2 Å². The second kappa shape index (κ2) is 7.05. The zero-order chi connectivity index (χ0) is 18.8. The van der Waals surface area contributed by atoms with E-state index in [1.807, 2.05) is 12.1 Å². The summed E-state index contributed by atoms with van der Waals surface area (Å²) in [7, 11) is 0. The third-order valence-corrected chi connectivity index (χ3v) is 4.53. The van der Waals surface area contributed by atoms with Gasteiger partial charge in [0.2, 0.25) is 5.95 Å². The second-order valence-corrected chi connectivity index (χ2v) is 6.67. The van der Waals surface area contributed by atoms with Crippen LogP contribution < -0.4 is 21.7 Å². The van der Waals surface area contributed by atoms with E-state index < -0.39 is 0 Å². The zero-order valence-corrected chi connectivity index (χ0v) is 14.8. The Kier molecular flexibility index (Phi) is 4.44. The van der Waals surface area contributed by atoms with Gasteiger partial charge in [0.15, 0.2) is 5.82 Å². The monoisotopic (exact) mass is 360 g/mol. The lowest BCUT2D eigenvalue weighted by Gasteiger charge is -2.32. The highest BCUT2D eigenvalue weighted by atomic mass is 15.2. The van der Waals surface area contributed by atoms with Crippen LogP contribution >= 0.6 is 0 Å². The van der Waals surface area contributed by atoms with Gasteiger partial charge >= 0.3 is 0 Å². The van der Waals surface area contributed by atoms with Crippen LogP contribution in [0, 0.1) is 11.3 Å². The summed E-state index contributed by atoms with van der Waals surface area (Å²) in [5.41, 5.74) is 15.2. The molecule has 0 bridgehead atoms. The molecule has 0 saturated carbocycles. The molecule has 27 heavy (non-hydrogen) atoms. The van der Waals surface area contributed by atoms with Gasteiger partial charge in [-0.05, 0) is 43.2 Å². The van der Waals surface area contributed by atoms with Crippen LogP contribution in [0.15, 0.2) is 36.5 Å². The first-order valence-corrected chi connectivity index (χ1v) is 8.83. The topological polar surface area (TPSA) is 130 Å². The molecule has 1 aromatic carbocycles. The Labute approximate surface area is 156 Å². The molecule has 1 saturated heterocycles. The SMILES string of the molecule is N#Cc1cc(N)cc(Nc2nc(N3CCCC(N)C3)c3ncccc3n2)c1. The molecule has 1 unspecified atom stereocenters. The fourth-order valence-corrected chi connectivity index (χ4v) is 3.35. The first-order valence-electron chi connectivity index (χ1n) is 8.83. The molecule has 0 spiro atoms. The molecule has 1 fully saturated rings. The lowest BCUT2D eigenvalue weighted by molar-refractivity contribution is 0.504. The van der Waals surface area contributed by atoms with Gasteiger partial charge in [0.25, 0.3) is 0 Å². The number of aromatic nitrogens is 3. The maximum absolute atomic E-state index is 9.14. The minimum absolute atomic E-state index is 0.121. The summed E-state index contributed by atoms with van der Waals surface area (Å²) < 4.78 is 0. The summed E-state index contributed by atoms with van der Waals surface area (Å²) in [6, 6.07) is 11.0. The fourth-order valence-electron chi connectivity index (χ4n) is 3.35. The van der Waals surface area contributed by atoms with E-state index in [1.165, 1.54) is 0 Å². The Morgan fingerprint density at radius 1 is 1.26 bits per heavy atom. The number of benzene rings is 1. The molecular weight excluding hydrogens is 340 g/mol. The number of nitrogens with two attached hydrogens (primary N) is 2. The van der Waals surface area contributed by atoms with Crippen LogP contribution in [0.1, 0.15) is 18.4 Å². The van der Waals surface area contributed by atoms with Gasteiger partial charge in [-0.3, -0.25) is 4.98 Å². The largest absolute Gasteiger partial charge is 0.399 e. The summed E-state index contributed by atoms with van der Waals surface area (Å²) in [6.45, 7) is 1.62. The fraction of sp³-hybridized carbons (Fsp3) is 0.263. The van der Waals surface area contributed by atoms with Crippen LogP contribution in [-0.2, 0) is 0 Å². The molecule has 8 heteroatoms. The van der Waals surface area contributed by atoms with Crippen LogP contribution in [0.25, 0.3) is 11.0 Å². The number of rotatable bonds is 3. The third kappa shape index (κ3) is 3.59. The first-order chi connectivity index (χ1) is 13.1. The quantitative estimate of drug-likeness (QED) is 0.606. The van der Waals surface area contributed by atoms with E-state index in [0.717, 1.165) is 42.8 Å². The van der Waals surface area contributed by atoms with Crippen LogP contribution in [-0.4, -0.2) is 34.1 Å². The summed E-state index contributed by atoms with van der Waals surface area (Å²) >= 11 is 0. The van der Waals surface area contributed by atoms with Gasteiger partial charge in [-0.15, -0.1) is 0 Å². The van der Waals surface area contributed by atoms with Crippen LogP contribution in [0.2, 0.25) is 0 Å². The number of nitriles is 1. The van der Waals surface area contributed by atoms with Gasteiger partial charge in [0.05, 0.1) is 17.1 Å². The average Bonchev–Trinajstić information content (AvgIpc) is 2.67. The highest BCUT2D eigenvalue weighted by molar-refractivity contribution is 5.87. The number of nitrogens with one attached hydrogen (secondary N) is 1. The van der Waals surface area contributed by atoms with Crippen molar-refractivity contribution in [3.8, 4) is 6.07 Å². The van der Waals surface area contributed by atoms with Crippen molar-refractivity contribution in [2.45, 2.75) is 18.9 Å². The number of anilines is 4. The van der Waals surface area contributed by atoms with Crippen molar-refractivity contribution in [3.05, 3.63) is 42.1 Å². The van der Waals surface area contributed by atoms with Gasteiger partial charge < -0.3 is 21.7 Å². The van der Waals surface area contributed by atoms with Crippen molar-refractivity contribution in [3.63, 3.8) is 0 Å². The molecular formula is C19H20N8. The third-order valence-electron chi connectivity index (χ3n) is 4.53. The molecule has 0 radical (unpaired) electrons. The van der Waals surface area contributed by atoms with E-state index in [9.17, 15) is 0 Å². The zero-order valence-electron chi connectivity index (χ0n) is 14.8. The predicted octanol–water partition coefficient (Wildman–Crippen LogP) is 2.15. The second-order valence-electron chi connectivity index (χ2n) is 6.67. The minimum Gasteiger partial charge on any atom is -0.399 e. The molecule has 4 rings (SSSR count). The normalized spacial score (nSPS) is 16.9. The van der Waals surface area contributed by atoms with Gasteiger partial charge in [-0.25, -0.2) is 4.98 Å². The predicted molar refractivity (Wildman–Crippen MR) is 106 cm³/mol. The van der Waals surface area contributed by atoms with E-state index in [1.54, 1.807) is 24.4 Å². The number of pyridine rings is 1. The van der Waals surface area contributed by atoms with Crippen molar-refractivity contribution in [2.75, 3.05) is 29.0 Å². The van der Waals surface area contributed by atoms with Crippen molar-refractivity contribution in [2.24, 2.45) is 5.73 Å². The lowest BCUT2D eigenvalue weighted by atomic mass is 10.1. The molecule has 136 valence electrons. The number of piperidine rings is 1. The molecule has 5 N–H and O–H groups in total. The molecule has 1 atom stereocenters. The summed E-state index contributed by atoms with van der Waals surface area (Å²) in [4.78, 5) is 15.9. The van der Waals surface area contributed by atoms with Crippen molar-refractivity contribution in [1.82, 2.24) is 15.0 Å². The highest BCUT2D eigenvalue weighted by Crippen LogP contribution is 2.27. The number of hydrogen-bond donors (Lipinski definition) is 3. The first kappa shape index (κ1) is 17.0. The van der Waals surface area contributed by atoms with Crippen LogP contribution in [0.5, 0.6) is 0 Å². The Bertz CT molecular complexity index is 1030. The number of nitrogen functional groups attached to an aromatic ring is 1. The average molecular weight is 360 g/mol. The molecule has 3 aromatic rings. The molecule has 2 aromatic heterocycles. The van der Waals surface area contributed by atoms with Crippen LogP contribution in [0.4, 0.5) is 23.1 Å². The van der Waals surface area contributed by atoms with Gasteiger partial charge in [-0.2, -0.15) is 10.2 Å². The lowest BCUT2D eigenvalue weighted by Crippen LogP contribution is -2.43. The highest BCUT2D eigenvalue weighted by Gasteiger charge is 2.21. The van der Waals surface area contributed by atoms with Gasteiger partial charge in [0.1, 0.15) is 5.52 Å². The Balaban J connectivity index is 1.76. The Hall–Kier alpha value is -3.44. The van der Waals surface area contributed by atoms with E-state index in [2.05, 4.69) is 26.3 Å². The molecule has 1 aliphatic rings. The van der Waals surface area contributed by atoms with E-state index in [-0.39, 0.29) is 6.04 Å². The number of fused-ring (bicyclic) bond motifs is 1. The standard InChI is InChI=1S/C19H20N8/c20-10-12-7-14(22)9-15(8-12)24-19-25-16-4-1-5-23-17(16)18(26-19)27-6-2-3-13(21)11-27/h1,4-5,7-9,13H,2-3,6,11,21-22H2,(H,24,25,26). The maximum Gasteiger partial charge on any atom is 0.229 e. The van der Waals surface area contributed by atoms with Crippen molar-refractivity contribution in [1.29, 1.82) is 5.26 Å². The van der Waals surface area contributed by atoms with Crippen molar-refractivity contribution < 1.29 is 0 Å².